The first-order valence-electron chi connectivity index (χ1n) is 8.11. The summed E-state index contributed by atoms with van der Waals surface area (Å²) < 4.78 is 29.5. The predicted octanol–water partition coefficient (Wildman–Crippen LogP) is 4.79. The molecule has 2 heterocycles. The van der Waals surface area contributed by atoms with Crippen LogP contribution in [0.3, 0.4) is 0 Å². The van der Waals surface area contributed by atoms with Crippen molar-refractivity contribution in [2.45, 2.75) is 0 Å². The molecule has 0 saturated heterocycles. The van der Waals surface area contributed by atoms with E-state index in [9.17, 15) is 19.8 Å². The van der Waals surface area contributed by atoms with Crippen LogP contribution < -0.4 is 9.47 Å². The van der Waals surface area contributed by atoms with Crippen molar-refractivity contribution < 1.29 is 23.2 Å². The Kier molecular flexibility index (Phi) is 4.26. The van der Waals surface area contributed by atoms with Crippen LogP contribution in [0.2, 0.25) is 0 Å². The molecule has 0 atom stereocenters. The zero-order valence-corrected chi connectivity index (χ0v) is 14.2. The van der Waals surface area contributed by atoms with Crippen LogP contribution in [-0.2, 0) is 0 Å². The Hall–Kier alpha value is -4.12. The normalized spacial score (nSPS) is 12.6. The van der Waals surface area contributed by atoms with Crippen molar-refractivity contribution in [1.29, 1.82) is 5.26 Å². The predicted molar refractivity (Wildman–Crippen MR) is 96.8 cm³/mol. The van der Waals surface area contributed by atoms with Crippen LogP contribution in [0.1, 0.15) is 11.3 Å². The van der Waals surface area contributed by atoms with Gasteiger partial charge < -0.3 is 13.9 Å². The van der Waals surface area contributed by atoms with Gasteiger partial charge in [-0.05, 0) is 54.1 Å². The summed E-state index contributed by atoms with van der Waals surface area (Å²) in [7, 11) is 0. The molecule has 0 bridgehead atoms. The second kappa shape index (κ2) is 6.89. The van der Waals surface area contributed by atoms with Crippen molar-refractivity contribution in [1.82, 2.24) is 0 Å². The molecule has 0 unspecified atom stereocenters. The number of nitrogens with zero attached hydrogens (tertiary/aromatic N) is 2. The van der Waals surface area contributed by atoms with Crippen LogP contribution >= 0.6 is 0 Å². The quantitative estimate of drug-likeness (QED) is 0.368. The Balaban J connectivity index is 1.69. The van der Waals surface area contributed by atoms with Crippen molar-refractivity contribution in [2.24, 2.45) is 0 Å². The van der Waals surface area contributed by atoms with Crippen LogP contribution in [0, 0.1) is 27.3 Å². The van der Waals surface area contributed by atoms with Gasteiger partial charge in [-0.25, -0.2) is 4.39 Å². The SMILES string of the molecule is N#C/C(=C/c1ccc(-c2ccc(F)cc2[N+](=O)[O-])o1)c1ccc2c(c1)OCO2. The number of nitro benzene ring substituents is 1. The summed E-state index contributed by atoms with van der Waals surface area (Å²) in [6.07, 6.45) is 1.51. The summed E-state index contributed by atoms with van der Waals surface area (Å²) in [5.41, 5.74) is 0.666. The Bertz CT molecular complexity index is 1160. The van der Waals surface area contributed by atoms with Gasteiger partial charge in [-0.3, -0.25) is 10.1 Å². The van der Waals surface area contributed by atoms with Crippen LogP contribution in [0.25, 0.3) is 23.0 Å². The molecule has 138 valence electrons. The molecule has 0 amide bonds. The van der Waals surface area contributed by atoms with E-state index in [1.807, 2.05) is 0 Å². The number of hydrogen-bond donors (Lipinski definition) is 0. The molecular weight excluding hydrogens is 367 g/mol. The molecule has 0 N–H and O–H groups in total. The zero-order valence-electron chi connectivity index (χ0n) is 14.2. The third-order valence-electron chi connectivity index (χ3n) is 4.14. The lowest BCUT2D eigenvalue weighted by Crippen LogP contribution is -1.92. The van der Waals surface area contributed by atoms with Gasteiger partial charge in [-0.15, -0.1) is 0 Å². The molecule has 3 aromatic rings. The molecule has 8 heteroatoms. The van der Waals surface area contributed by atoms with Gasteiger partial charge in [0.15, 0.2) is 11.5 Å². The molecule has 28 heavy (non-hydrogen) atoms. The number of furan rings is 1. The highest BCUT2D eigenvalue weighted by molar-refractivity contribution is 5.89. The number of fused-ring (bicyclic) bond motifs is 1. The van der Waals surface area contributed by atoms with E-state index < -0.39 is 16.4 Å². The highest BCUT2D eigenvalue weighted by atomic mass is 19.1. The number of ether oxygens (including phenoxy) is 2. The summed E-state index contributed by atoms with van der Waals surface area (Å²) >= 11 is 0. The molecule has 0 saturated carbocycles. The second-order valence-corrected chi connectivity index (χ2v) is 5.86. The molecule has 1 aliphatic rings. The molecule has 0 spiro atoms. The maximum absolute atomic E-state index is 13.3. The molecule has 2 aromatic carbocycles. The van der Waals surface area contributed by atoms with Gasteiger partial charge in [0.25, 0.3) is 5.69 Å². The van der Waals surface area contributed by atoms with E-state index >= 15 is 0 Å². The van der Waals surface area contributed by atoms with Crippen LogP contribution in [0.15, 0.2) is 52.9 Å². The fourth-order valence-electron chi connectivity index (χ4n) is 2.83. The van der Waals surface area contributed by atoms with E-state index in [-0.39, 0.29) is 18.1 Å². The van der Waals surface area contributed by atoms with Gasteiger partial charge in [-0.1, -0.05) is 0 Å². The average Bonchev–Trinajstić information content (AvgIpc) is 3.34. The largest absolute Gasteiger partial charge is 0.456 e. The first-order valence-corrected chi connectivity index (χ1v) is 8.11. The topological polar surface area (TPSA) is 98.5 Å². The van der Waals surface area contributed by atoms with Crippen LogP contribution in [-0.4, -0.2) is 11.7 Å². The minimum atomic E-state index is -0.711. The molecule has 0 radical (unpaired) electrons. The van der Waals surface area contributed by atoms with E-state index in [0.717, 1.165) is 12.1 Å². The van der Waals surface area contributed by atoms with Crippen molar-refractivity contribution in [3.05, 3.63) is 75.8 Å². The molecular formula is C20H11FN2O5. The summed E-state index contributed by atoms with van der Waals surface area (Å²) in [6, 6.07) is 13.5. The molecule has 1 aliphatic heterocycles. The summed E-state index contributed by atoms with van der Waals surface area (Å²) in [5.74, 6) is 0.950. The molecule has 4 rings (SSSR count). The zero-order chi connectivity index (χ0) is 19.7. The van der Waals surface area contributed by atoms with Crippen molar-refractivity contribution in [2.75, 3.05) is 6.79 Å². The van der Waals surface area contributed by atoms with Gasteiger partial charge in [0, 0.05) is 0 Å². The smallest absolute Gasteiger partial charge is 0.283 e. The number of allylic oxidation sites excluding steroid dienone is 1. The van der Waals surface area contributed by atoms with E-state index in [1.54, 1.807) is 24.3 Å². The molecule has 0 fully saturated rings. The fraction of sp³-hybridized carbons (Fsp3) is 0.0500. The maximum Gasteiger partial charge on any atom is 0.283 e. The lowest BCUT2D eigenvalue weighted by atomic mass is 10.1. The first-order chi connectivity index (χ1) is 13.5. The average molecular weight is 378 g/mol. The van der Waals surface area contributed by atoms with Crippen LogP contribution in [0.4, 0.5) is 10.1 Å². The van der Waals surface area contributed by atoms with E-state index in [0.29, 0.717) is 28.4 Å². The van der Waals surface area contributed by atoms with Gasteiger partial charge >= 0.3 is 0 Å². The standard InChI is InChI=1S/C20H11FN2O5/c21-14-2-4-16(17(9-14)23(24)25)18-6-3-15(28-18)7-13(10-22)12-1-5-19-20(8-12)27-11-26-19/h1-9H,11H2/b13-7-. The number of nitriles is 1. The van der Waals surface area contributed by atoms with Gasteiger partial charge in [0.2, 0.25) is 6.79 Å². The van der Waals surface area contributed by atoms with Gasteiger partial charge in [0.1, 0.15) is 17.3 Å². The summed E-state index contributed by atoms with van der Waals surface area (Å²) in [5, 5.41) is 20.7. The maximum atomic E-state index is 13.3. The Morgan fingerprint density at radius 1 is 1.14 bits per heavy atom. The Morgan fingerprint density at radius 3 is 2.75 bits per heavy atom. The summed E-state index contributed by atoms with van der Waals surface area (Å²) in [6.45, 7) is 0.127. The molecule has 7 nitrogen and oxygen atoms in total. The first kappa shape index (κ1) is 17.3. The van der Waals surface area contributed by atoms with Crippen molar-refractivity contribution in [3.8, 4) is 28.9 Å². The number of halogens is 1. The molecule has 0 aliphatic carbocycles. The van der Waals surface area contributed by atoms with E-state index in [1.165, 1.54) is 18.2 Å². The van der Waals surface area contributed by atoms with Gasteiger partial charge in [0.05, 0.1) is 28.2 Å². The minimum absolute atomic E-state index is 0.127. The number of rotatable bonds is 4. The monoisotopic (exact) mass is 378 g/mol. The highest BCUT2D eigenvalue weighted by Crippen LogP contribution is 2.36. The third-order valence-corrected chi connectivity index (χ3v) is 4.14. The van der Waals surface area contributed by atoms with E-state index in [4.69, 9.17) is 13.9 Å². The third kappa shape index (κ3) is 3.17. The van der Waals surface area contributed by atoms with Crippen molar-refractivity contribution in [3.63, 3.8) is 0 Å². The number of benzene rings is 2. The Morgan fingerprint density at radius 2 is 1.96 bits per heavy atom. The van der Waals surface area contributed by atoms with Gasteiger partial charge in [-0.2, -0.15) is 5.26 Å². The molecule has 1 aromatic heterocycles. The highest BCUT2D eigenvalue weighted by Gasteiger charge is 2.19. The fourth-order valence-corrected chi connectivity index (χ4v) is 2.83. The second-order valence-electron chi connectivity index (χ2n) is 5.86. The van der Waals surface area contributed by atoms with E-state index in [2.05, 4.69) is 6.07 Å². The minimum Gasteiger partial charge on any atom is -0.456 e. The van der Waals surface area contributed by atoms with Crippen molar-refractivity contribution >= 4 is 17.3 Å². The number of nitro groups is 1. The lowest BCUT2D eigenvalue weighted by Gasteiger charge is -2.01. The van der Waals surface area contributed by atoms with Crippen LogP contribution in [0.5, 0.6) is 11.5 Å². The lowest BCUT2D eigenvalue weighted by molar-refractivity contribution is -0.384. The number of hydrogen-bond acceptors (Lipinski definition) is 6. The summed E-state index contributed by atoms with van der Waals surface area (Å²) in [4.78, 5) is 10.5. The Labute approximate surface area is 158 Å².